The van der Waals surface area contributed by atoms with Crippen LogP contribution in [0.3, 0.4) is 0 Å². The normalized spacial score (nSPS) is 11.5. The molecule has 90 valence electrons. The van der Waals surface area contributed by atoms with Crippen molar-refractivity contribution in [3.63, 3.8) is 0 Å². The Morgan fingerprint density at radius 1 is 1.50 bits per heavy atom. The molecule has 0 aliphatic heterocycles. The zero-order valence-electron chi connectivity index (χ0n) is 10.1. The molecule has 0 spiro atoms. The number of methoxy groups -OCH3 is 1. The third-order valence-corrected chi connectivity index (χ3v) is 2.70. The predicted octanol–water partition coefficient (Wildman–Crippen LogP) is 1.62. The number of nitrogens with zero attached hydrogens (tertiary/aromatic N) is 2. The van der Waals surface area contributed by atoms with Crippen LogP contribution in [0.25, 0.3) is 0 Å². The average Bonchev–Trinajstić information content (AvgIpc) is 2.26. The molecule has 5 nitrogen and oxygen atoms in total. The van der Waals surface area contributed by atoms with Crippen LogP contribution in [0.2, 0.25) is 0 Å². The number of aromatic nitrogens is 2. The summed E-state index contributed by atoms with van der Waals surface area (Å²) in [6, 6.07) is 1.71. The van der Waals surface area contributed by atoms with Crippen LogP contribution in [0.15, 0.2) is 11.2 Å². The van der Waals surface area contributed by atoms with Gasteiger partial charge in [-0.15, -0.1) is 0 Å². The second-order valence-corrected chi connectivity index (χ2v) is 4.76. The van der Waals surface area contributed by atoms with Crippen molar-refractivity contribution in [2.45, 2.75) is 24.6 Å². The van der Waals surface area contributed by atoms with E-state index in [1.807, 2.05) is 20.1 Å². The number of ether oxygens (including phenoxy) is 1. The summed E-state index contributed by atoms with van der Waals surface area (Å²) in [6.07, 6.45) is 1.91. The first kappa shape index (κ1) is 13.1. The molecule has 1 aromatic rings. The summed E-state index contributed by atoms with van der Waals surface area (Å²) in [7, 11) is 1.68. The zero-order chi connectivity index (χ0) is 12.2. The first-order chi connectivity index (χ1) is 7.46. The van der Waals surface area contributed by atoms with Crippen molar-refractivity contribution in [2.24, 2.45) is 0 Å². The van der Waals surface area contributed by atoms with Gasteiger partial charge in [-0.1, -0.05) is 11.8 Å². The van der Waals surface area contributed by atoms with Gasteiger partial charge in [0.15, 0.2) is 5.16 Å². The summed E-state index contributed by atoms with van der Waals surface area (Å²) in [4.78, 5) is 8.37. The maximum absolute atomic E-state index is 5.67. The maximum Gasteiger partial charge on any atom is 0.191 e. The second kappa shape index (κ2) is 5.36. The molecule has 0 radical (unpaired) electrons. The molecule has 3 N–H and O–H groups in total. The van der Waals surface area contributed by atoms with E-state index >= 15 is 0 Å². The van der Waals surface area contributed by atoms with E-state index in [0.717, 1.165) is 5.82 Å². The van der Waals surface area contributed by atoms with Crippen molar-refractivity contribution in [3.05, 3.63) is 6.07 Å². The first-order valence-electron chi connectivity index (χ1n) is 4.94. The van der Waals surface area contributed by atoms with Crippen LogP contribution in [0.5, 0.6) is 0 Å². The van der Waals surface area contributed by atoms with E-state index in [1.54, 1.807) is 13.2 Å². The third kappa shape index (κ3) is 3.86. The highest BCUT2D eigenvalue weighted by Gasteiger charge is 2.16. The van der Waals surface area contributed by atoms with Crippen molar-refractivity contribution < 1.29 is 4.74 Å². The Morgan fingerprint density at radius 3 is 2.75 bits per heavy atom. The lowest BCUT2D eigenvalue weighted by atomic mass is 10.1. The van der Waals surface area contributed by atoms with E-state index < -0.39 is 0 Å². The number of anilines is 2. The minimum atomic E-state index is -0.237. The number of nitrogens with two attached hydrogens (primary N) is 1. The Hall–Kier alpha value is -1.01. The minimum Gasteiger partial charge on any atom is -0.383 e. The molecule has 0 fully saturated rings. The van der Waals surface area contributed by atoms with Gasteiger partial charge in [-0.2, -0.15) is 0 Å². The van der Waals surface area contributed by atoms with Crippen molar-refractivity contribution in [2.75, 3.05) is 31.0 Å². The molecule has 0 saturated carbocycles. The van der Waals surface area contributed by atoms with Crippen LogP contribution in [-0.4, -0.2) is 35.5 Å². The molecule has 0 unspecified atom stereocenters. The summed E-state index contributed by atoms with van der Waals surface area (Å²) in [5.74, 6) is 1.19. The van der Waals surface area contributed by atoms with Crippen LogP contribution in [-0.2, 0) is 4.74 Å². The van der Waals surface area contributed by atoms with Gasteiger partial charge in [-0.25, -0.2) is 9.97 Å². The molecule has 0 aromatic carbocycles. The molecule has 0 bridgehead atoms. The van der Waals surface area contributed by atoms with Gasteiger partial charge in [0.1, 0.15) is 11.6 Å². The van der Waals surface area contributed by atoms with Crippen LogP contribution in [0, 0.1) is 0 Å². The Morgan fingerprint density at radius 2 is 2.19 bits per heavy atom. The van der Waals surface area contributed by atoms with Gasteiger partial charge in [0, 0.05) is 19.7 Å². The Balaban J connectivity index is 2.70. The summed E-state index contributed by atoms with van der Waals surface area (Å²) in [5, 5.41) is 3.85. The largest absolute Gasteiger partial charge is 0.383 e. The second-order valence-electron chi connectivity index (χ2n) is 3.98. The van der Waals surface area contributed by atoms with Gasteiger partial charge < -0.3 is 15.8 Å². The lowest BCUT2D eigenvalue weighted by Crippen LogP contribution is -2.32. The van der Waals surface area contributed by atoms with E-state index in [9.17, 15) is 0 Å². The molecule has 1 heterocycles. The highest BCUT2D eigenvalue weighted by molar-refractivity contribution is 7.98. The molecule has 0 saturated heterocycles. The third-order valence-electron chi connectivity index (χ3n) is 2.16. The molecule has 1 aromatic heterocycles. The Bertz CT molecular complexity index is 357. The monoisotopic (exact) mass is 242 g/mol. The highest BCUT2D eigenvalue weighted by atomic mass is 32.2. The summed E-state index contributed by atoms with van der Waals surface area (Å²) < 4.78 is 5.30. The van der Waals surface area contributed by atoms with Gasteiger partial charge >= 0.3 is 0 Å². The van der Waals surface area contributed by atoms with Gasteiger partial charge in [0.25, 0.3) is 0 Å². The SMILES string of the molecule is COC(C)(C)CNc1cc(N)nc(SC)n1. The van der Waals surface area contributed by atoms with E-state index in [4.69, 9.17) is 10.5 Å². The fourth-order valence-corrected chi connectivity index (χ4v) is 1.39. The number of nitrogen functional groups attached to an aromatic ring is 1. The molecule has 0 atom stereocenters. The van der Waals surface area contributed by atoms with Crippen molar-refractivity contribution in [1.82, 2.24) is 9.97 Å². The van der Waals surface area contributed by atoms with Crippen molar-refractivity contribution >= 4 is 23.4 Å². The van der Waals surface area contributed by atoms with Gasteiger partial charge in [-0.05, 0) is 20.1 Å². The Kier molecular flexibility index (Phi) is 4.37. The molecular weight excluding hydrogens is 224 g/mol. The number of rotatable bonds is 5. The van der Waals surface area contributed by atoms with E-state index in [-0.39, 0.29) is 5.60 Å². The predicted molar refractivity (Wildman–Crippen MR) is 67.8 cm³/mol. The van der Waals surface area contributed by atoms with Gasteiger partial charge in [0.2, 0.25) is 0 Å². The molecule has 0 aliphatic rings. The first-order valence-corrected chi connectivity index (χ1v) is 6.17. The molecule has 16 heavy (non-hydrogen) atoms. The zero-order valence-corrected chi connectivity index (χ0v) is 10.9. The molecule has 0 aliphatic carbocycles. The number of thioether (sulfide) groups is 1. The minimum absolute atomic E-state index is 0.237. The lowest BCUT2D eigenvalue weighted by Gasteiger charge is -2.23. The van der Waals surface area contributed by atoms with Crippen LogP contribution in [0.4, 0.5) is 11.6 Å². The average molecular weight is 242 g/mol. The maximum atomic E-state index is 5.67. The number of hydrogen-bond acceptors (Lipinski definition) is 6. The van der Waals surface area contributed by atoms with Crippen LogP contribution >= 0.6 is 11.8 Å². The standard InChI is InChI=1S/C10H18N4OS/c1-10(2,15-3)6-12-8-5-7(11)13-9(14-8)16-4/h5H,6H2,1-4H3,(H3,11,12,13,14). The van der Waals surface area contributed by atoms with Crippen LogP contribution in [0.1, 0.15) is 13.8 Å². The lowest BCUT2D eigenvalue weighted by molar-refractivity contribution is 0.0343. The van der Waals surface area contributed by atoms with Crippen molar-refractivity contribution in [1.29, 1.82) is 0 Å². The summed E-state index contributed by atoms with van der Waals surface area (Å²) in [6.45, 7) is 4.66. The van der Waals surface area contributed by atoms with E-state index in [1.165, 1.54) is 11.8 Å². The number of hydrogen-bond donors (Lipinski definition) is 2. The molecule has 1 rings (SSSR count). The van der Waals surface area contributed by atoms with Gasteiger partial charge in [0.05, 0.1) is 5.60 Å². The molecular formula is C10H18N4OS. The topological polar surface area (TPSA) is 73.1 Å². The molecule has 0 amide bonds. The fourth-order valence-electron chi connectivity index (χ4n) is 1.00. The summed E-state index contributed by atoms with van der Waals surface area (Å²) in [5.41, 5.74) is 5.43. The highest BCUT2D eigenvalue weighted by Crippen LogP contribution is 2.16. The van der Waals surface area contributed by atoms with Gasteiger partial charge in [-0.3, -0.25) is 0 Å². The molecule has 6 heteroatoms. The van der Waals surface area contributed by atoms with E-state index in [0.29, 0.717) is 17.5 Å². The smallest absolute Gasteiger partial charge is 0.191 e. The van der Waals surface area contributed by atoms with Crippen molar-refractivity contribution in [3.8, 4) is 0 Å². The summed E-state index contributed by atoms with van der Waals surface area (Å²) >= 11 is 1.46. The van der Waals surface area contributed by atoms with Crippen LogP contribution < -0.4 is 11.1 Å². The fraction of sp³-hybridized carbons (Fsp3) is 0.600. The Labute approximate surface area is 100 Å². The number of nitrogens with one attached hydrogen (secondary N) is 1. The quantitative estimate of drug-likeness (QED) is 0.604. The van der Waals surface area contributed by atoms with E-state index in [2.05, 4.69) is 15.3 Å².